The van der Waals surface area contributed by atoms with Gasteiger partial charge in [-0.2, -0.15) is 0 Å². The maximum absolute atomic E-state index is 4.15. The first-order chi connectivity index (χ1) is 3.42. The second-order valence-corrected chi connectivity index (χ2v) is 8.50. The third-order valence-electron chi connectivity index (χ3n) is 0.961. The molecule has 0 aliphatic rings. The molecule has 0 aliphatic carbocycles. The standard InChI is InChI=1S/C7H17Si/c1-7(2)6-8(3,4)5/h7H,3,6H2,1-2,4-5H3. The quantitative estimate of drug-likeness (QED) is 0.503. The van der Waals surface area contributed by atoms with Gasteiger partial charge in [-0.15, -0.1) is 0 Å². The molecule has 0 saturated carbocycles. The monoisotopic (exact) mass is 129 g/mol. The van der Waals surface area contributed by atoms with Crippen LogP contribution in [-0.2, 0) is 0 Å². The highest BCUT2D eigenvalue weighted by atomic mass is 28.3. The van der Waals surface area contributed by atoms with Crippen LogP contribution in [0.4, 0.5) is 0 Å². The van der Waals surface area contributed by atoms with Crippen molar-refractivity contribution in [2.45, 2.75) is 33.0 Å². The van der Waals surface area contributed by atoms with Gasteiger partial charge in [0.05, 0.1) is 0 Å². The van der Waals surface area contributed by atoms with Gasteiger partial charge in [0.2, 0.25) is 0 Å². The molecule has 0 amide bonds. The van der Waals surface area contributed by atoms with E-state index in [1.807, 2.05) is 0 Å². The summed E-state index contributed by atoms with van der Waals surface area (Å²) in [6.45, 7) is 13.3. The SMILES string of the molecule is [CH2][Si](C)(C)CC(C)C. The van der Waals surface area contributed by atoms with E-state index >= 15 is 0 Å². The fourth-order valence-corrected chi connectivity index (χ4v) is 3.32. The Balaban J connectivity index is 3.39. The van der Waals surface area contributed by atoms with Crippen LogP contribution in [0.1, 0.15) is 13.8 Å². The third-order valence-corrected chi connectivity index (χ3v) is 2.88. The zero-order chi connectivity index (χ0) is 6.78. The van der Waals surface area contributed by atoms with Crippen LogP contribution in [0.3, 0.4) is 0 Å². The van der Waals surface area contributed by atoms with Crippen molar-refractivity contribution in [3.05, 3.63) is 6.55 Å². The van der Waals surface area contributed by atoms with Gasteiger partial charge in [-0.1, -0.05) is 39.5 Å². The summed E-state index contributed by atoms with van der Waals surface area (Å²) in [4.78, 5) is 0. The van der Waals surface area contributed by atoms with Crippen molar-refractivity contribution in [1.82, 2.24) is 0 Å². The lowest BCUT2D eigenvalue weighted by Gasteiger charge is -2.17. The Bertz CT molecular complexity index is 59.3. The Morgan fingerprint density at radius 2 is 1.75 bits per heavy atom. The summed E-state index contributed by atoms with van der Waals surface area (Å²) < 4.78 is 0. The van der Waals surface area contributed by atoms with Crippen molar-refractivity contribution in [3.63, 3.8) is 0 Å². The van der Waals surface area contributed by atoms with E-state index < -0.39 is 8.07 Å². The normalized spacial score (nSPS) is 12.8. The average molecular weight is 129 g/mol. The number of rotatable bonds is 2. The molecule has 0 heterocycles. The second kappa shape index (κ2) is 2.67. The van der Waals surface area contributed by atoms with E-state index in [0.717, 1.165) is 5.92 Å². The smallest absolute Gasteiger partial charge is 0.0473 e. The lowest BCUT2D eigenvalue weighted by molar-refractivity contribution is 0.722. The average Bonchev–Trinajstić information content (AvgIpc) is 1.21. The molecule has 49 valence electrons. The largest absolute Gasteiger partial charge is 0.0693 e. The Kier molecular flexibility index (Phi) is 2.74. The van der Waals surface area contributed by atoms with Gasteiger partial charge in [-0.3, -0.25) is 0 Å². The molecule has 0 N–H and O–H groups in total. The molecule has 8 heavy (non-hydrogen) atoms. The minimum atomic E-state index is -0.970. The zero-order valence-corrected chi connectivity index (χ0v) is 7.49. The van der Waals surface area contributed by atoms with Gasteiger partial charge in [-0.05, 0) is 5.92 Å². The summed E-state index contributed by atoms with van der Waals surface area (Å²) in [7, 11) is -0.970. The van der Waals surface area contributed by atoms with Crippen LogP contribution in [0, 0.1) is 12.5 Å². The van der Waals surface area contributed by atoms with Crippen molar-refractivity contribution in [2.75, 3.05) is 0 Å². The van der Waals surface area contributed by atoms with Crippen LogP contribution in [0.5, 0.6) is 0 Å². The van der Waals surface area contributed by atoms with Crippen LogP contribution < -0.4 is 0 Å². The van der Waals surface area contributed by atoms with Crippen LogP contribution >= 0.6 is 0 Å². The third kappa shape index (κ3) is 6.22. The van der Waals surface area contributed by atoms with Crippen molar-refractivity contribution < 1.29 is 0 Å². The molecule has 0 rings (SSSR count). The van der Waals surface area contributed by atoms with Gasteiger partial charge in [0.25, 0.3) is 0 Å². The van der Waals surface area contributed by atoms with E-state index in [2.05, 4.69) is 33.5 Å². The van der Waals surface area contributed by atoms with E-state index in [-0.39, 0.29) is 0 Å². The Labute approximate surface area is 54.3 Å². The molecule has 0 unspecified atom stereocenters. The molecule has 0 aromatic rings. The summed E-state index contributed by atoms with van der Waals surface area (Å²) in [5.41, 5.74) is 0. The van der Waals surface area contributed by atoms with Crippen LogP contribution in [0.15, 0.2) is 0 Å². The molecule has 0 aromatic carbocycles. The molecular formula is C7H17Si. The molecule has 1 radical (unpaired) electrons. The summed E-state index contributed by atoms with van der Waals surface area (Å²) in [5, 5.41) is 0. The van der Waals surface area contributed by atoms with Crippen LogP contribution in [0.25, 0.3) is 0 Å². The predicted molar refractivity (Wildman–Crippen MR) is 42.5 cm³/mol. The molecule has 0 aromatic heterocycles. The first kappa shape index (κ1) is 8.22. The van der Waals surface area contributed by atoms with E-state index in [1.165, 1.54) is 6.04 Å². The summed E-state index contributed by atoms with van der Waals surface area (Å²) in [6.07, 6.45) is 0. The predicted octanol–water partition coefficient (Wildman–Crippen LogP) is 2.72. The first-order valence-electron chi connectivity index (χ1n) is 3.27. The molecule has 0 bridgehead atoms. The first-order valence-corrected chi connectivity index (χ1v) is 6.68. The van der Waals surface area contributed by atoms with Gasteiger partial charge < -0.3 is 0 Å². The van der Waals surface area contributed by atoms with Crippen molar-refractivity contribution in [2.24, 2.45) is 5.92 Å². The van der Waals surface area contributed by atoms with Crippen molar-refractivity contribution in [3.8, 4) is 0 Å². The maximum atomic E-state index is 4.15. The molecule has 0 spiro atoms. The van der Waals surface area contributed by atoms with Gasteiger partial charge in [-0.25, -0.2) is 0 Å². The van der Waals surface area contributed by atoms with E-state index in [1.54, 1.807) is 0 Å². The summed E-state index contributed by atoms with van der Waals surface area (Å²) in [6, 6.07) is 1.35. The Morgan fingerprint density at radius 1 is 1.38 bits per heavy atom. The maximum Gasteiger partial charge on any atom is 0.0473 e. The van der Waals surface area contributed by atoms with Gasteiger partial charge >= 0.3 is 0 Å². The summed E-state index contributed by atoms with van der Waals surface area (Å²) in [5.74, 6) is 0.842. The molecule has 0 aliphatic heterocycles. The Morgan fingerprint density at radius 3 is 1.75 bits per heavy atom. The van der Waals surface area contributed by atoms with Crippen molar-refractivity contribution in [1.29, 1.82) is 0 Å². The Hall–Kier alpha value is 0.217. The minimum absolute atomic E-state index is 0.842. The number of hydrogen-bond acceptors (Lipinski definition) is 0. The number of hydrogen-bond donors (Lipinski definition) is 0. The molecule has 0 atom stereocenters. The molecular weight excluding hydrogens is 112 g/mol. The van der Waals surface area contributed by atoms with Gasteiger partial charge in [0.1, 0.15) is 0 Å². The highest BCUT2D eigenvalue weighted by Crippen LogP contribution is 2.13. The van der Waals surface area contributed by atoms with Crippen molar-refractivity contribution >= 4 is 8.07 Å². The van der Waals surface area contributed by atoms with E-state index in [9.17, 15) is 0 Å². The molecule has 0 saturated heterocycles. The molecule has 0 fully saturated rings. The van der Waals surface area contributed by atoms with E-state index in [0.29, 0.717) is 0 Å². The fourth-order valence-electron chi connectivity index (χ4n) is 1.11. The van der Waals surface area contributed by atoms with E-state index in [4.69, 9.17) is 0 Å². The molecule has 1 heteroatoms. The highest BCUT2D eigenvalue weighted by Gasteiger charge is 2.13. The minimum Gasteiger partial charge on any atom is -0.0693 e. The topological polar surface area (TPSA) is 0 Å². The lowest BCUT2D eigenvalue weighted by atomic mass is 10.3. The summed E-state index contributed by atoms with van der Waals surface area (Å²) >= 11 is 0. The second-order valence-electron chi connectivity index (χ2n) is 3.76. The van der Waals surface area contributed by atoms with Crippen LogP contribution in [0.2, 0.25) is 19.1 Å². The van der Waals surface area contributed by atoms with Gasteiger partial charge in [0, 0.05) is 8.07 Å². The highest BCUT2D eigenvalue weighted by molar-refractivity contribution is 6.79. The lowest BCUT2D eigenvalue weighted by Crippen LogP contribution is -2.22. The zero-order valence-electron chi connectivity index (χ0n) is 6.49. The van der Waals surface area contributed by atoms with Crippen LogP contribution in [-0.4, -0.2) is 8.07 Å². The molecule has 0 nitrogen and oxygen atoms in total. The van der Waals surface area contributed by atoms with Gasteiger partial charge in [0.15, 0.2) is 0 Å². The fraction of sp³-hybridized carbons (Fsp3) is 0.857.